The molecule has 3 aromatic rings. The summed E-state index contributed by atoms with van der Waals surface area (Å²) in [6.07, 6.45) is 1.83. The molecule has 4 N–H and O–H groups in total. The standard InChI is InChI=1S/C23H26N4O2/c24-14-18-6-1-3-7-19(18)16-9-11-27(12-10-16)22(28)15-25-23(29)21-13-17-5-2-4-8-20(17)26-21/h1-8,13,16,26H,9-12,14-15,24H2,(H,25,29). The van der Waals surface area contributed by atoms with E-state index in [2.05, 4.69) is 22.4 Å². The first-order valence-electron chi connectivity index (χ1n) is 10.1. The highest BCUT2D eigenvalue weighted by Crippen LogP contribution is 2.30. The van der Waals surface area contributed by atoms with Crippen molar-refractivity contribution in [3.8, 4) is 0 Å². The van der Waals surface area contributed by atoms with Crippen molar-refractivity contribution < 1.29 is 9.59 Å². The molecule has 0 saturated carbocycles. The largest absolute Gasteiger partial charge is 0.351 e. The molecule has 6 heteroatoms. The van der Waals surface area contributed by atoms with Crippen LogP contribution in [0.25, 0.3) is 10.9 Å². The summed E-state index contributed by atoms with van der Waals surface area (Å²) in [5, 5.41) is 3.72. The van der Waals surface area contributed by atoms with Gasteiger partial charge in [0, 0.05) is 30.5 Å². The second-order valence-corrected chi connectivity index (χ2v) is 7.51. The molecule has 0 radical (unpaired) electrons. The van der Waals surface area contributed by atoms with Crippen molar-refractivity contribution in [2.24, 2.45) is 5.73 Å². The van der Waals surface area contributed by atoms with Gasteiger partial charge in [-0.1, -0.05) is 42.5 Å². The molecule has 0 unspecified atom stereocenters. The van der Waals surface area contributed by atoms with Gasteiger partial charge in [0.05, 0.1) is 6.54 Å². The lowest BCUT2D eigenvalue weighted by atomic mass is 9.86. The number of hydrogen-bond donors (Lipinski definition) is 3. The Morgan fingerprint density at radius 3 is 2.55 bits per heavy atom. The Hall–Kier alpha value is -3.12. The number of fused-ring (bicyclic) bond motifs is 1. The first-order chi connectivity index (χ1) is 14.2. The summed E-state index contributed by atoms with van der Waals surface area (Å²) in [4.78, 5) is 29.9. The van der Waals surface area contributed by atoms with E-state index in [0.29, 0.717) is 31.2 Å². The second-order valence-electron chi connectivity index (χ2n) is 7.51. The lowest BCUT2D eigenvalue weighted by Crippen LogP contribution is -2.43. The highest BCUT2D eigenvalue weighted by Gasteiger charge is 2.25. The third kappa shape index (κ3) is 4.17. The number of aromatic amines is 1. The Morgan fingerprint density at radius 1 is 1.07 bits per heavy atom. The van der Waals surface area contributed by atoms with Gasteiger partial charge in [0.2, 0.25) is 5.91 Å². The first-order valence-corrected chi connectivity index (χ1v) is 10.1. The number of hydrogen-bond acceptors (Lipinski definition) is 3. The molecular weight excluding hydrogens is 364 g/mol. The van der Waals surface area contributed by atoms with Crippen LogP contribution in [-0.4, -0.2) is 41.3 Å². The van der Waals surface area contributed by atoms with Gasteiger partial charge >= 0.3 is 0 Å². The number of nitrogens with zero attached hydrogens (tertiary/aromatic N) is 1. The molecule has 6 nitrogen and oxygen atoms in total. The molecule has 0 spiro atoms. The van der Waals surface area contributed by atoms with E-state index in [4.69, 9.17) is 5.73 Å². The normalized spacial score (nSPS) is 14.9. The summed E-state index contributed by atoms with van der Waals surface area (Å²) in [6, 6.07) is 17.8. The summed E-state index contributed by atoms with van der Waals surface area (Å²) in [5.74, 6) is 0.126. The van der Waals surface area contributed by atoms with Crippen LogP contribution in [-0.2, 0) is 11.3 Å². The predicted octanol–water partition coefficient (Wildman–Crippen LogP) is 2.76. The van der Waals surface area contributed by atoms with Crippen LogP contribution in [0.1, 0.15) is 40.4 Å². The van der Waals surface area contributed by atoms with Crippen molar-refractivity contribution in [2.45, 2.75) is 25.3 Å². The maximum Gasteiger partial charge on any atom is 0.268 e. The van der Waals surface area contributed by atoms with E-state index < -0.39 is 0 Å². The van der Waals surface area contributed by atoms with Crippen LogP contribution < -0.4 is 11.1 Å². The number of para-hydroxylation sites is 1. The summed E-state index contributed by atoms with van der Waals surface area (Å²) in [5.41, 5.74) is 9.72. The second kappa shape index (κ2) is 8.49. The van der Waals surface area contributed by atoms with Crippen LogP contribution >= 0.6 is 0 Å². The van der Waals surface area contributed by atoms with Crippen molar-refractivity contribution in [2.75, 3.05) is 19.6 Å². The zero-order chi connectivity index (χ0) is 20.2. The number of carbonyl (C=O) groups excluding carboxylic acids is 2. The average molecular weight is 390 g/mol. The number of aromatic nitrogens is 1. The molecule has 1 saturated heterocycles. The molecule has 2 amide bonds. The van der Waals surface area contributed by atoms with Crippen LogP contribution in [0.5, 0.6) is 0 Å². The Bertz CT molecular complexity index is 985. The summed E-state index contributed by atoms with van der Waals surface area (Å²) in [6.45, 7) is 1.95. The molecule has 2 heterocycles. The number of likely N-dealkylation sites (tertiary alicyclic amines) is 1. The minimum absolute atomic E-state index is 0.0122. The fourth-order valence-electron chi connectivity index (χ4n) is 4.12. The van der Waals surface area contributed by atoms with Gasteiger partial charge in [0.25, 0.3) is 5.91 Å². The Morgan fingerprint density at radius 2 is 1.79 bits per heavy atom. The minimum atomic E-state index is -0.263. The van der Waals surface area contributed by atoms with E-state index >= 15 is 0 Å². The molecule has 0 bridgehead atoms. The minimum Gasteiger partial charge on any atom is -0.351 e. The summed E-state index contributed by atoms with van der Waals surface area (Å²) >= 11 is 0. The Kier molecular flexibility index (Phi) is 5.62. The van der Waals surface area contributed by atoms with Crippen molar-refractivity contribution in [3.05, 3.63) is 71.4 Å². The zero-order valence-corrected chi connectivity index (χ0v) is 16.4. The maximum atomic E-state index is 12.6. The van der Waals surface area contributed by atoms with Crippen molar-refractivity contribution in [1.29, 1.82) is 0 Å². The van der Waals surface area contributed by atoms with Gasteiger partial charge in [0.1, 0.15) is 5.69 Å². The molecule has 1 aromatic heterocycles. The number of carbonyl (C=O) groups is 2. The molecule has 1 aliphatic heterocycles. The number of amides is 2. The van der Waals surface area contributed by atoms with E-state index in [1.807, 2.05) is 41.3 Å². The van der Waals surface area contributed by atoms with E-state index in [9.17, 15) is 9.59 Å². The maximum absolute atomic E-state index is 12.6. The van der Waals surface area contributed by atoms with Gasteiger partial charge in [0.15, 0.2) is 0 Å². The topological polar surface area (TPSA) is 91.2 Å². The lowest BCUT2D eigenvalue weighted by Gasteiger charge is -2.33. The first kappa shape index (κ1) is 19.2. The van der Waals surface area contributed by atoms with E-state index in [-0.39, 0.29) is 18.4 Å². The van der Waals surface area contributed by atoms with Gasteiger partial charge in [-0.05, 0) is 42.0 Å². The molecule has 0 aliphatic carbocycles. The van der Waals surface area contributed by atoms with Crippen LogP contribution in [0.15, 0.2) is 54.6 Å². The monoisotopic (exact) mass is 390 g/mol. The van der Waals surface area contributed by atoms with Crippen LogP contribution in [0.4, 0.5) is 0 Å². The summed E-state index contributed by atoms with van der Waals surface area (Å²) in [7, 11) is 0. The molecule has 29 heavy (non-hydrogen) atoms. The van der Waals surface area contributed by atoms with E-state index in [1.54, 1.807) is 6.07 Å². The van der Waals surface area contributed by atoms with Crippen molar-refractivity contribution in [1.82, 2.24) is 15.2 Å². The number of nitrogens with one attached hydrogen (secondary N) is 2. The third-order valence-corrected chi connectivity index (χ3v) is 5.74. The van der Waals surface area contributed by atoms with Gasteiger partial charge < -0.3 is 20.9 Å². The Labute approximate surface area is 170 Å². The molecule has 1 fully saturated rings. The molecule has 2 aromatic carbocycles. The fraction of sp³-hybridized carbons (Fsp3) is 0.304. The number of piperidine rings is 1. The number of nitrogens with two attached hydrogens (primary N) is 1. The van der Waals surface area contributed by atoms with Gasteiger partial charge in [-0.2, -0.15) is 0 Å². The predicted molar refractivity (Wildman–Crippen MR) is 114 cm³/mol. The van der Waals surface area contributed by atoms with Crippen LogP contribution in [0, 0.1) is 0 Å². The SMILES string of the molecule is NCc1ccccc1C1CCN(C(=O)CNC(=O)c2cc3ccccc3[nH]2)CC1. The fourth-order valence-corrected chi connectivity index (χ4v) is 4.12. The highest BCUT2D eigenvalue weighted by atomic mass is 16.2. The van der Waals surface area contributed by atoms with E-state index in [0.717, 1.165) is 23.7 Å². The Balaban J connectivity index is 1.30. The zero-order valence-electron chi connectivity index (χ0n) is 16.4. The van der Waals surface area contributed by atoms with Crippen LogP contribution in [0.3, 0.4) is 0 Å². The number of H-pyrrole nitrogens is 1. The quantitative estimate of drug-likeness (QED) is 0.626. The third-order valence-electron chi connectivity index (χ3n) is 5.74. The van der Waals surface area contributed by atoms with Gasteiger partial charge in [-0.25, -0.2) is 0 Å². The average Bonchev–Trinajstić information content (AvgIpc) is 3.22. The van der Waals surface area contributed by atoms with Gasteiger partial charge in [-0.15, -0.1) is 0 Å². The molecule has 150 valence electrons. The van der Waals surface area contributed by atoms with Crippen molar-refractivity contribution >= 4 is 22.7 Å². The van der Waals surface area contributed by atoms with Gasteiger partial charge in [-0.3, -0.25) is 9.59 Å². The van der Waals surface area contributed by atoms with Crippen LogP contribution in [0.2, 0.25) is 0 Å². The molecule has 0 atom stereocenters. The lowest BCUT2D eigenvalue weighted by molar-refractivity contribution is -0.131. The molecular formula is C23H26N4O2. The smallest absolute Gasteiger partial charge is 0.268 e. The highest BCUT2D eigenvalue weighted by molar-refractivity contribution is 5.99. The molecule has 4 rings (SSSR count). The summed E-state index contributed by atoms with van der Waals surface area (Å²) < 4.78 is 0. The number of rotatable bonds is 5. The molecule has 1 aliphatic rings. The number of benzene rings is 2. The van der Waals surface area contributed by atoms with E-state index in [1.165, 1.54) is 11.1 Å². The van der Waals surface area contributed by atoms with Crippen molar-refractivity contribution in [3.63, 3.8) is 0 Å².